The fourth-order valence-electron chi connectivity index (χ4n) is 3.22. The lowest BCUT2D eigenvalue weighted by molar-refractivity contribution is -0.153. The molecule has 8 heteroatoms. The fraction of sp³-hybridized carbons (Fsp3) is 0.318. The van der Waals surface area contributed by atoms with Crippen molar-refractivity contribution < 1.29 is 28.6 Å². The number of thioether (sulfide) groups is 1. The minimum atomic E-state index is -1.04. The maximum absolute atomic E-state index is 13.5. The molecule has 0 saturated carbocycles. The molecule has 2 aromatic carbocycles. The Balaban J connectivity index is 2.02. The van der Waals surface area contributed by atoms with Gasteiger partial charge in [-0.05, 0) is 29.8 Å². The molecule has 0 aliphatic carbocycles. The summed E-state index contributed by atoms with van der Waals surface area (Å²) in [5.74, 6) is -0.641. The van der Waals surface area contributed by atoms with Gasteiger partial charge in [-0.15, -0.1) is 11.8 Å². The van der Waals surface area contributed by atoms with Crippen LogP contribution in [0.25, 0.3) is 0 Å². The highest BCUT2D eigenvalue weighted by Crippen LogP contribution is 2.46. The molecular formula is C22H23NO6S. The third kappa shape index (κ3) is 4.94. The Morgan fingerprint density at radius 1 is 1.03 bits per heavy atom. The number of methoxy groups -OCH3 is 1. The highest BCUT2D eigenvalue weighted by atomic mass is 32.2. The minimum absolute atomic E-state index is 0.0417. The quantitative estimate of drug-likeness (QED) is 0.651. The van der Waals surface area contributed by atoms with Crippen molar-refractivity contribution in [1.82, 2.24) is 0 Å². The maximum Gasteiger partial charge on any atom is 0.303 e. The van der Waals surface area contributed by atoms with E-state index in [-0.39, 0.29) is 19.1 Å². The fourth-order valence-corrected chi connectivity index (χ4v) is 4.54. The number of amides is 1. The number of hydrogen-bond acceptors (Lipinski definition) is 7. The number of rotatable bonds is 6. The van der Waals surface area contributed by atoms with E-state index in [4.69, 9.17) is 14.2 Å². The van der Waals surface area contributed by atoms with Crippen molar-refractivity contribution in [3.05, 3.63) is 54.1 Å². The molecule has 0 unspecified atom stereocenters. The van der Waals surface area contributed by atoms with E-state index in [0.717, 1.165) is 10.5 Å². The first-order valence-electron chi connectivity index (χ1n) is 9.42. The minimum Gasteiger partial charge on any atom is -0.497 e. The number of esters is 2. The number of para-hydroxylation sites is 1. The second-order valence-corrected chi connectivity index (χ2v) is 7.82. The summed E-state index contributed by atoms with van der Waals surface area (Å²) in [6, 6.07) is 14.8. The van der Waals surface area contributed by atoms with Crippen LogP contribution in [0.5, 0.6) is 5.75 Å². The number of carbonyl (C=O) groups is 3. The predicted octanol–water partition coefficient (Wildman–Crippen LogP) is 3.37. The van der Waals surface area contributed by atoms with Crippen molar-refractivity contribution >= 4 is 35.3 Å². The molecule has 1 heterocycles. The van der Waals surface area contributed by atoms with Crippen LogP contribution in [0.4, 0.5) is 5.69 Å². The van der Waals surface area contributed by atoms with E-state index in [9.17, 15) is 14.4 Å². The molecule has 1 aliphatic rings. The van der Waals surface area contributed by atoms with E-state index in [1.54, 1.807) is 19.2 Å². The Kier molecular flexibility index (Phi) is 6.99. The van der Waals surface area contributed by atoms with Crippen molar-refractivity contribution in [2.45, 2.75) is 30.1 Å². The molecular weight excluding hydrogens is 406 g/mol. The SMILES string of the molecule is COc1ccc([C@H]2Sc3ccccc3N(CCOC(C)=O)C(=O)[C@H]2OC(C)=O)cc1. The molecule has 0 N–H and O–H groups in total. The molecule has 7 nitrogen and oxygen atoms in total. The van der Waals surface area contributed by atoms with Crippen LogP contribution in [0, 0.1) is 0 Å². The number of hydrogen-bond donors (Lipinski definition) is 0. The van der Waals surface area contributed by atoms with Crippen LogP contribution in [-0.2, 0) is 23.9 Å². The first-order valence-corrected chi connectivity index (χ1v) is 10.3. The molecule has 0 radical (unpaired) electrons. The van der Waals surface area contributed by atoms with E-state index in [0.29, 0.717) is 11.4 Å². The second kappa shape index (κ2) is 9.67. The zero-order valence-electron chi connectivity index (χ0n) is 17.0. The largest absolute Gasteiger partial charge is 0.497 e. The summed E-state index contributed by atoms with van der Waals surface area (Å²) in [4.78, 5) is 38.9. The third-order valence-electron chi connectivity index (χ3n) is 4.55. The molecule has 0 fully saturated rings. The molecule has 3 rings (SSSR count). The van der Waals surface area contributed by atoms with Gasteiger partial charge in [0.05, 0.1) is 24.6 Å². The monoisotopic (exact) mass is 429 g/mol. The highest BCUT2D eigenvalue weighted by molar-refractivity contribution is 7.99. The zero-order valence-corrected chi connectivity index (χ0v) is 17.8. The Morgan fingerprint density at radius 2 is 1.73 bits per heavy atom. The smallest absolute Gasteiger partial charge is 0.303 e. The van der Waals surface area contributed by atoms with Gasteiger partial charge in [-0.25, -0.2) is 0 Å². The summed E-state index contributed by atoms with van der Waals surface area (Å²) >= 11 is 1.45. The summed E-state index contributed by atoms with van der Waals surface area (Å²) < 4.78 is 15.8. The summed E-state index contributed by atoms with van der Waals surface area (Å²) in [6.07, 6.45) is -1.04. The van der Waals surface area contributed by atoms with Crippen LogP contribution < -0.4 is 9.64 Å². The highest BCUT2D eigenvalue weighted by Gasteiger charge is 2.40. The van der Waals surface area contributed by atoms with Gasteiger partial charge in [0.1, 0.15) is 12.4 Å². The summed E-state index contributed by atoms with van der Waals surface area (Å²) in [6.45, 7) is 2.79. The molecule has 0 bridgehead atoms. The Bertz CT molecular complexity index is 929. The molecule has 1 aliphatic heterocycles. The Morgan fingerprint density at radius 3 is 2.37 bits per heavy atom. The lowest BCUT2D eigenvalue weighted by Crippen LogP contribution is -2.44. The van der Waals surface area contributed by atoms with Crippen molar-refractivity contribution in [2.24, 2.45) is 0 Å². The van der Waals surface area contributed by atoms with Gasteiger partial charge in [0.25, 0.3) is 5.91 Å². The second-order valence-electron chi connectivity index (χ2n) is 6.64. The number of ether oxygens (including phenoxy) is 3. The Hall–Kier alpha value is -3.00. The van der Waals surface area contributed by atoms with Crippen LogP contribution in [0.15, 0.2) is 53.4 Å². The number of nitrogens with zero attached hydrogens (tertiary/aromatic N) is 1. The van der Waals surface area contributed by atoms with Crippen molar-refractivity contribution in [2.75, 3.05) is 25.2 Å². The van der Waals surface area contributed by atoms with Crippen LogP contribution in [0.1, 0.15) is 24.7 Å². The van der Waals surface area contributed by atoms with Gasteiger partial charge in [-0.2, -0.15) is 0 Å². The summed E-state index contributed by atoms with van der Waals surface area (Å²) in [5, 5.41) is -0.452. The first kappa shape index (κ1) is 21.7. The van der Waals surface area contributed by atoms with Gasteiger partial charge in [0.15, 0.2) is 6.10 Å². The lowest BCUT2D eigenvalue weighted by atomic mass is 10.1. The molecule has 2 aromatic rings. The van der Waals surface area contributed by atoms with Gasteiger partial charge in [0, 0.05) is 18.7 Å². The molecule has 1 amide bonds. The van der Waals surface area contributed by atoms with E-state index in [1.807, 2.05) is 36.4 Å². The average Bonchev–Trinajstić information content (AvgIpc) is 2.83. The Labute approximate surface area is 179 Å². The van der Waals surface area contributed by atoms with Crippen LogP contribution >= 0.6 is 11.8 Å². The molecule has 0 spiro atoms. The predicted molar refractivity (Wildman–Crippen MR) is 113 cm³/mol. The van der Waals surface area contributed by atoms with Gasteiger partial charge in [0.2, 0.25) is 0 Å². The van der Waals surface area contributed by atoms with Crippen LogP contribution in [0.2, 0.25) is 0 Å². The van der Waals surface area contributed by atoms with Crippen LogP contribution in [0.3, 0.4) is 0 Å². The lowest BCUT2D eigenvalue weighted by Gasteiger charge is -2.27. The van der Waals surface area contributed by atoms with Gasteiger partial charge < -0.3 is 19.1 Å². The van der Waals surface area contributed by atoms with Crippen molar-refractivity contribution in [3.63, 3.8) is 0 Å². The molecule has 0 saturated heterocycles. The van der Waals surface area contributed by atoms with E-state index in [1.165, 1.54) is 30.5 Å². The van der Waals surface area contributed by atoms with Gasteiger partial charge >= 0.3 is 11.9 Å². The number of benzene rings is 2. The summed E-state index contributed by atoms with van der Waals surface area (Å²) in [7, 11) is 1.58. The number of fused-ring (bicyclic) bond motifs is 1. The van der Waals surface area contributed by atoms with Crippen molar-refractivity contribution in [1.29, 1.82) is 0 Å². The molecule has 0 aromatic heterocycles. The normalized spacial score (nSPS) is 18.2. The maximum atomic E-state index is 13.5. The molecule has 158 valence electrons. The topological polar surface area (TPSA) is 82.1 Å². The van der Waals surface area contributed by atoms with Crippen LogP contribution in [-0.4, -0.2) is 44.2 Å². The average molecular weight is 429 g/mol. The third-order valence-corrected chi connectivity index (χ3v) is 5.92. The standard InChI is InChI=1S/C22H23NO6S/c1-14(24)28-13-12-23-18-6-4-5-7-19(18)30-21(20(22(23)26)29-15(2)25)16-8-10-17(27-3)11-9-16/h4-11,20-21H,12-13H2,1-3H3/t20-,21+/m0/s1. The van der Waals surface area contributed by atoms with E-state index < -0.39 is 23.3 Å². The van der Waals surface area contributed by atoms with Crippen molar-refractivity contribution in [3.8, 4) is 5.75 Å². The van der Waals surface area contributed by atoms with E-state index in [2.05, 4.69) is 0 Å². The van der Waals surface area contributed by atoms with E-state index >= 15 is 0 Å². The van der Waals surface area contributed by atoms with Gasteiger partial charge in [-0.1, -0.05) is 24.3 Å². The first-order chi connectivity index (χ1) is 14.4. The molecule has 2 atom stereocenters. The summed E-state index contributed by atoms with van der Waals surface area (Å²) in [5.41, 5.74) is 1.52. The number of carbonyl (C=O) groups excluding carboxylic acids is 3. The zero-order chi connectivity index (χ0) is 21.7. The molecule has 30 heavy (non-hydrogen) atoms. The van der Waals surface area contributed by atoms with Gasteiger partial charge in [-0.3, -0.25) is 14.4 Å². The number of anilines is 1.